The molecule has 0 aliphatic rings. The summed E-state index contributed by atoms with van der Waals surface area (Å²) in [6.45, 7) is 5.82. The molecule has 0 aromatic heterocycles. The molecule has 0 aliphatic carbocycles. The summed E-state index contributed by atoms with van der Waals surface area (Å²) < 4.78 is 10.6. The summed E-state index contributed by atoms with van der Waals surface area (Å²) in [4.78, 5) is 11.6. The number of ketones is 1. The molecule has 1 atom stereocenters. The number of rotatable bonds is 8. The Balaban J connectivity index is 2.39. The van der Waals surface area contributed by atoms with Crippen molar-refractivity contribution >= 4 is 5.78 Å². The normalized spacial score (nSPS) is 11.9. The van der Waals surface area contributed by atoms with E-state index in [1.165, 1.54) is 0 Å². The molecule has 0 heterocycles. The molecule has 3 heteroatoms. The molecule has 1 unspecified atom stereocenters. The van der Waals surface area contributed by atoms with E-state index in [2.05, 4.69) is 6.58 Å². The summed E-state index contributed by atoms with van der Waals surface area (Å²) in [6, 6.07) is 7.62. The fourth-order valence-electron chi connectivity index (χ4n) is 1.48. The van der Waals surface area contributed by atoms with Crippen LogP contribution in [0.15, 0.2) is 36.9 Å². The van der Waals surface area contributed by atoms with Gasteiger partial charge in [-0.2, -0.15) is 0 Å². The van der Waals surface area contributed by atoms with E-state index in [4.69, 9.17) is 9.47 Å². The predicted octanol–water partition coefficient (Wildman–Crippen LogP) is 3.14. The topological polar surface area (TPSA) is 35.5 Å². The fourth-order valence-corrected chi connectivity index (χ4v) is 1.48. The number of methoxy groups -OCH3 is 1. The van der Waals surface area contributed by atoms with E-state index < -0.39 is 0 Å². The monoisotopic (exact) mass is 248 g/mol. The van der Waals surface area contributed by atoms with Crippen molar-refractivity contribution in [2.24, 2.45) is 0 Å². The SMILES string of the molecule is C=CCCC(=O)C(C)OCc1ccc(OC)cc1. The summed E-state index contributed by atoms with van der Waals surface area (Å²) >= 11 is 0. The van der Waals surface area contributed by atoms with E-state index in [1.54, 1.807) is 20.1 Å². The van der Waals surface area contributed by atoms with E-state index >= 15 is 0 Å². The Morgan fingerprint density at radius 2 is 2.06 bits per heavy atom. The van der Waals surface area contributed by atoms with Crippen LogP contribution in [0.5, 0.6) is 5.75 Å². The zero-order valence-corrected chi connectivity index (χ0v) is 11.0. The molecule has 18 heavy (non-hydrogen) atoms. The van der Waals surface area contributed by atoms with E-state index in [-0.39, 0.29) is 11.9 Å². The van der Waals surface area contributed by atoms with Crippen molar-refractivity contribution in [2.75, 3.05) is 7.11 Å². The number of ether oxygens (including phenoxy) is 2. The van der Waals surface area contributed by atoms with Crippen LogP contribution < -0.4 is 4.74 Å². The van der Waals surface area contributed by atoms with Gasteiger partial charge in [0.25, 0.3) is 0 Å². The van der Waals surface area contributed by atoms with Crippen LogP contribution in [0.4, 0.5) is 0 Å². The van der Waals surface area contributed by atoms with Crippen molar-refractivity contribution in [2.45, 2.75) is 32.5 Å². The smallest absolute Gasteiger partial charge is 0.161 e. The molecule has 3 nitrogen and oxygen atoms in total. The molecule has 1 rings (SSSR count). The first kappa shape index (κ1) is 14.5. The largest absolute Gasteiger partial charge is 0.497 e. The second kappa shape index (κ2) is 7.67. The molecule has 0 amide bonds. The predicted molar refractivity (Wildman–Crippen MR) is 71.7 cm³/mol. The molecule has 1 aromatic carbocycles. The van der Waals surface area contributed by atoms with Crippen molar-refractivity contribution < 1.29 is 14.3 Å². The maximum atomic E-state index is 11.6. The van der Waals surface area contributed by atoms with Gasteiger partial charge in [-0.15, -0.1) is 6.58 Å². The third-order valence-corrected chi connectivity index (χ3v) is 2.71. The van der Waals surface area contributed by atoms with Crippen molar-refractivity contribution in [3.8, 4) is 5.75 Å². The van der Waals surface area contributed by atoms with Gasteiger partial charge in [-0.1, -0.05) is 18.2 Å². The first-order valence-corrected chi connectivity index (χ1v) is 6.05. The van der Waals surface area contributed by atoms with Gasteiger partial charge in [0.15, 0.2) is 5.78 Å². The Morgan fingerprint density at radius 3 is 2.61 bits per heavy atom. The van der Waals surface area contributed by atoms with Crippen LogP contribution in [-0.2, 0) is 16.1 Å². The number of allylic oxidation sites excluding steroid dienone is 1. The summed E-state index contributed by atoms with van der Waals surface area (Å²) in [5, 5.41) is 0. The minimum absolute atomic E-state index is 0.114. The Kier molecular flexibility index (Phi) is 6.15. The lowest BCUT2D eigenvalue weighted by Gasteiger charge is -2.11. The van der Waals surface area contributed by atoms with E-state index in [0.29, 0.717) is 19.4 Å². The van der Waals surface area contributed by atoms with Gasteiger partial charge in [-0.05, 0) is 31.0 Å². The summed E-state index contributed by atoms with van der Waals surface area (Å²) in [5.74, 6) is 0.928. The molecule has 0 radical (unpaired) electrons. The van der Waals surface area contributed by atoms with Crippen molar-refractivity contribution in [3.63, 3.8) is 0 Å². The second-order valence-electron chi connectivity index (χ2n) is 4.09. The Hall–Kier alpha value is -1.61. The highest BCUT2D eigenvalue weighted by atomic mass is 16.5. The van der Waals surface area contributed by atoms with Crippen LogP contribution in [0.2, 0.25) is 0 Å². The Morgan fingerprint density at radius 1 is 1.39 bits per heavy atom. The highest BCUT2D eigenvalue weighted by Gasteiger charge is 2.12. The van der Waals surface area contributed by atoms with Gasteiger partial charge < -0.3 is 9.47 Å². The molecule has 0 N–H and O–H groups in total. The minimum atomic E-state index is -0.368. The second-order valence-corrected chi connectivity index (χ2v) is 4.09. The van der Waals surface area contributed by atoms with Gasteiger partial charge in [0.2, 0.25) is 0 Å². The van der Waals surface area contributed by atoms with Crippen LogP contribution in [0, 0.1) is 0 Å². The molecular formula is C15H20O3. The molecule has 0 saturated heterocycles. The number of benzene rings is 1. The zero-order chi connectivity index (χ0) is 13.4. The highest BCUT2D eigenvalue weighted by Crippen LogP contribution is 2.13. The molecule has 0 spiro atoms. The summed E-state index contributed by atoms with van der Waals surface area (Å²) in [5.41, 5.74) is 1.03. The van der Waals surface area contributed by atoms with Crippen molar-refractivity contribution in [1.29, 1.82) is 0 Å². The Bertz CT molecular complexity index is 381. The van der Waals surface area contributed by atoms with Gasteiger partial charge in [0, 0.05) is 6.42 Å². The molecule has 98 valence electrons. The molecule has 1 aromatic rings. The standard InChI is InChI=1S/C15H20O3/c1-4-5-6-15(16)12(2)18-11-13-7-9-14(17-3)10-8-13/h4,7-10,12H,1,5-6,11H2,2-3H3. The first-order valence-electron chi connectivity index (χ1n) is 6.05. The summed E-state index contributed by atoms with van der Waals surface area (Å²) in [7, 11) is 1.63. The van der Waals surface area contributed by atoms with Crippen molar-refractivity contribution in [1.82, 2.24) is 0 Å². The van der Waals surface area contributed by atoms with Crippen LogP contribution >= 0.6 is 0 Å². The maximum Gasteiger partial charge on any atom is 0.161 e. The molecule has 0 fully saturated rings. The van der Waals surface area contributed by atoms with Gasteiger partial charge in [0.05, 0.1) is 13.7 Å². The van der Waals surface area contributed by atoms with Gasteiger partial charge in [-0.25, -0.2) is 0 Å². The fraction of sp³-hybridized carbons (Fsp3) is 0.400. The first-order chi connectivity index (χ1) is 8.67. The number of Topliss-reactive ketones (excluding diaryl/α,β-unsaturated/α-hetero) is 1. The number of hydrogen-bond acceptors (Lipinski definition) is 3. The third kappa shape index (κ3) is 4.72. The third-order valence-electron chi connectivity index (χ3n) is 2.71. The zero-order valence-electron chi connectivity index (χ0n) is 11.0. The van der Waals surface area contributed by atoms with Crippen LogP contribution in [0.3, 0.4) is 0 Å². The number of hydrogen-bond donors (Lipinski definition) is 0. The molecule has 0 saturated carbocycles. The van der Waals surface area contributed by atoms with Gasteiger partial charge in [0.1, 0.15) is 11.9 Å². The average Bonchev–Trinajstić information content (AvgIpc) is 2.42. The molecule has 0 bridgehead atoms. The number of carbonyl (C=O) groups excluding carboxylic acids is 1. The van der Waals surface area contributed by atoms with Gasteiger partial charge >= 0.3 is 0 Å². The van der Waals surface area contributed by atoms with Crippen LogP contribution in [0.1, 0.15) is 25.3 Å². The van der Waals surface area contributed by atoms with E-state index in [0.717, 1.165) is 11.3 Å². The number of carbonyl (C=O) groups is 1. The average molecular weight is 248 g/mol. The lowest BCUT2D eigenvalue weighted by Crippen LogP contribution is -2.20. The van der Waals surface area contributed by atoms with Crippen LogP contribution in [0.25, 0.3) is 0 Å². The van der Waals surface area contributed by atoms with Crippen molar-refractivity contribution in [3.05, 3.63) is 42.5 Å². The maximum absolute atomic E-state index is 11.6. The molecular weight excluding hydrogens is 228 g/mol. The van der Waals surface area contributed by atoms with Crippen LogP contribution in [-0.4, -0.2) is 19.0 Å². The van der Waals surface area contributed by atoms with E-state index in [9.17, 15) is 4.79 Å². The minimum Gasteiger partial charge on any atom is -0.497 e. The quantitative estimate of drug-likeness (QED) is 0.663. The lowest BCUT2D eigenvalue weighted by atomic mass is 10.1. The lowest BCUT2D eigenvalue weighted by molar-refractivity contribution is -0.130. The van der Waals surface area contributed by atoms with E-state index in [1.807, 2.05) is 24.3 Å². The molecule has 0 aliphatic heterocycles. The highest BCUT2D eigenvalue weighted by molar-refractivity contribution is 5.82. The Labute approximate surface area is 108 Å². The van der Waals surface area contributed by atoms with Gasteiger partial charge in [-0.3, -0.25) is 4.79 Å². The summed E-state index contributed by atoms with van der Waals surface area (Å²) in [6.07, 6.45) is 2.57.